The summed E-state index contributed by atoms with van der Waals surface area (Å²) in [4.78, 5) is 10.4. The molecule has 1 aromatic heterocycles. The van der Waals surface area contributed by atoms with E-state index in [4.69, 9.17) is 5.11 Å². The molecule has 2 N–H and O–H groups in total. The molecule has 0 fully saturated rings. The minimum Gasteiger partial charge on any atom is -0.465 e. The number of hydrogen-bond donors (Lipinski definition) is 2. The van der Waals surface area contributed by atoms with Crippen molar-refractivity contribution in [1.29, 1.82) is 0 Å². The van der Waals surface area contributed by atoms with Crippen LogP contribution in [0.1, 0.15) is 5.56 Å². The smallest absolute Gasteiger partial charge is 0.404 e. The number of hydrogen-bond acceptors (Lipinski definition) is 1. The highest BCUT2D eigenvalue weighted by Gasteiger charge is 2.05. The summed E-state index contributed by atoms with van der Waals surface area (Å²) in [6, 6.07) is 7.93. The predicted molar refractivity (Wildman–Crippen MR) is 57.8 cm³/mol. The number of aryl methyl sites for hydroxylation is 1. The molecule has 2 rings (SSSR count). The lowest BCUT2D eigenvalue weighted by molar-refractivity contribution is 0.194. The lowest BCUT2D eigenvalue weighted by Gasteiger charge is -1.98. The molecule has 15 heavy (non-hydrogen) atoms. The fourth-order valence-electron chi connectivity index (χ4n) is 1.74. The van der Waals surface area contributed by atoms with Gasteiger partial charge < -0.3 is 15.0 Å². The molecule has 4 nitrogen and oxygen atoms in total. The fourth-order valence-corrected chi connectivity index (χ4v) is 1.74. The SMILES string of the molecule is Cn1cc(CNC(=O)O)c2ccccc21. The standard InChI is InChI=1S/C11H12N2O2/c1-13-7-8(6-12-11(14)15)9-4-2-3-5-10(9)13/h2-5,7,12H,6H2,1H3,(H,14,15). The molecular formula is C11H12N2O2. The third-order valence-electron chi connectivity index (χ3n) is 2.41. The molecule has 78 valence electrons. The Hall–Kier alpha value is -1.97. The van der Waals surface area contributed by atoms with Crippen molar-refractivity contribution < 1.29 is 9.90 Å². The van der Waals surface area contributed by atoms with E-state index < -0.39 is 6.09 Å². The summed E-state index contributed by atoms with van der Waals surface area (Å²) in [5.41, 5.74) is 2.11. The fraction of sp³-hybridized carbons (Fsp3) is 0.182. The highest BCUT2D eigenvalue weighted by molar-refractivity contribution is 5.84. The van der Waals surface area contributed by atoms with Crippen LogP contribution in [0.2, 0.25) is 0 Å². The summed E-state index contributed by atoms with van der Waals surface area (Å²) < 4.78 is 1.99. The molecule has 1 aromatic carbocycles. The first-order valence-corrected chi connectivity index (χ1v) is 4.68. The van der Waals surface area contributed by atoms with Gasteiger partial charge in [0.15, 0.2) is 0 Å². The quantitative estimate of drug-likeness (QED) is 0.785. The van der Waals surface area contributed by atoms with Gasteiger partial charge in [0.05, 0.1) is 0 Å². The summed E-state index contributed by atoms with van der Waals surface area (Å²) in [7, 11) is 1.95. The molecule has 0 saturated heterocycles. The third-order valence-corrected chi connectivity index (χ3v) is 2.41. The maximum Gasteiger partial charge on any atom is 0.404 e. The molecule has 0 spiro atoms. The maximum absolute atomic E-state index is 10.4. The van der Waals surface area contributed by atoms with Gasteiger partial charge in [0.25, 0.3) is 0 Å². The number of rotatable bonds is 2. The number of nitrogens with zero attached hydrogens (tertiary/aromatic N) is 1. The lowest BCUT2D eigenvalue weighted by atomic mass is 10.2. The molecule has 0 aliphatic rings. The largest absolute Gasteiger partial charge is 0.465 e. The van der Waals surface area contributed by atoms with Crippen LogP contribution >= 0.6 is 0 Å². The van der Waals surface area contributed by atoms with E-state index in [1.54, 1.807) is 0 Å². The second kappa shape index (κ2) is 3.65. The van der Waals surface area contributed by atoms with Crippen LogP contribution in [0.15, 0.2) is 30.5 Å². The van der Waals surface area contributed by atoms with E-state index in [9.17, 15) is 4.79 Å². The van der Waals surface area contributed by atoms with Gasteiger partial charge >= 0.3 is 6.09 Å². The zero-order chi connectivity index (χ0) is 10.8. The van der Waals surface area contributed by atoms with Gasteiger partial charge in [-0.3, -0.25) is 0 Å². The lowest BCUT2D eigenvalue weighted by Crippen LogP contribution is -2.19. The molecule has 0 unspecified atom stereocenters. The molecule has 0 aliphatic carbocycles. The first kappa shape index (κ1) is 9.58. The number of carbonyl (C=O) groups is 1. The van der Waals surface area contributed by atoms with Gasteiger partial charge in [0, 0.05) is 30.7 Å². The third kappa shape index (κ3) is 1.79. The molecule has 0 saturated carbocycles. The van der Waals surface area contributed by atoms with Crippen molar-refractivity contribution in [2.75, 3.05) is 0 Å². The average Bonchev–Trinajstić information content (AvgIpc) is 2.54. The average molecular weight is 204 g/mol. The highest BCUT2D eigenvalue weighted by atomic mass is 16.4. The number of carboxylic acid groups (broad SMARTS) is 1. The van der Waals surface area contributed by atoms with Crippen molar-refractivity contribution in [3.05, 3.63) is 36.0 Å². The van der Waals surface area contributed by atoms with Crippen LogP contribution < -0.4 is 5.32 Å². The Morgan fingerprint density at radius 2 is 2.20 bits per heavy atom. The monoisotopic (exact) mass is 204 g/mol. The van der Waals surface area contributed by atoms with E-state index in [2.05, 4.69) is 5.32 Å². The number of fused-ring (bicyclic) bond motifs is 1. The Kier molecular flexibility index (Phi) is 2.33. The zero-order valence-electron chi connectivity index (χ0n) is 8.40. The van der Waals surface area contributed by atoms with E-state index in [-0.39, 0.29) is 0 Å². The van der Waals surface area contributed by atoms with Crippen molar-refractivity contribution in [2.24, 2.45) is 7.05 Å². The van der Waals surface area contributed by atoms with Gasteiger partial charge in [0.1, 0.15) is 0 Å². The molecule has 0 radical (unpaired) electrons. The Morgan fingerprint density at radius 3 is 2.93 bits per heavy atom. The van der Waals surface area contributed by atoms with E-state index >= 15 is 0 Å². The topological polar surface area (TPSA) is 54.3 Å². The van der Waals surface area contributed by atoms with Gasteiger partial charge in [-0.1, -0.05) is 18.2 Å². The van der Waals surface area contributed by atoms with Crippen molar-refractivity contribution in [3.8, 4) is 0 Å². The van der Waals surface area contributed by atoms with Gasteiger partial charge in [-0.05, 0) is 11.6 Å². The molecule has 1 amide bonds. The molecule has 2 aromatic rings. The Morgan fingerprint density at radius 1 is 1.47 bits per heavy atom. The molecule has 0 aliphatic heterocycles. The number of amides is 1. The summed E-state index contributed by atoms with van der Waals surface area (Å²) in [6.45, 7) is 0.344. The normalized spacial score (nSPS) is 10.5. The molecule has 1 heterocycles. The van der Waals surface area contributed by atoms with Crippen LogP contribution in [0.5, 0.6) is 0 Å². The second-order valence-electron chi connectivity index (χ2n) is 3.44. The van der Waals surface area contributed by atoms with Crippen molar-refractivity contribution in [2.45, 2.75) is 6.54 Å². The molecule has 0 bridgehead atoms. The summed E-state index contributed by atoms with van der Waals surface area (Å²) >= 11 is 0. The van der Waals surface area contributed by atoms with Crippen LogP contribution in [0.3, 0.4) is 0 Å². The minimum absolute atomic E-state index is 0.344. The first-order chi connectivity index (χ1) is 7.18. The molecular weight excluding hydrogens is 192 g/mol. The number of benzene rings is 1. The van der Waals surface area contributed by atoms with Gasteiger partial charge in [-0.15, -0.1) is 0 Å². The van der Waals surface area contributed by atoms with E-state index in [1.165, 1.54) is 0 Å². The van der Waals surface area contributed by atoms with Crippen molar-refractivity contribution in [3.63, 3.8) is 0 Å². The van der Waals surface area contributed by atoms with E-state index in [0.717, 1.165) is 16.5 Å². The summed E-state index contributed by atoms with van der Waals surface area (Å²) in [5.74, 6) is 0. The van der Waals surface area contributed by atoms with E-state index in [1.807, 2.05) is 42.1 Å². The van der Waals surface area contributed by atoms with Gasteiger partial charge in [-0.25, -0.2) is 4.79 Å². The number of nitrogens with one attached hydrogen (secondary N) is 1. The summed E-state index contributed by atoms with van der Waals surface area (Å²) in [6.07, 6.45) is 0.948. The van der Waals surface area contributed by atoms with Crippen LogP contribution in [-0.4, -0.2) is 15.8 Å². The maximum atomic E-state index is 10.4. The zero-order valence-corrected chi connectivity index (χ0v) is 8.40. The van der Waals surface area contributed by atoms with Crippen molar-refractivity contribution >= 4 is 17.0 Å². The highest BCUT2D eigenvalue weighted by Crippen LogP contribution is 2.19. The number of aromatic nitrogens is 1. The van der Waals surface area contributed by atoms with Crippen LogP contribution in [0, 0.1) is 0 Å². The molecule has 4 heteroatoms. The minimum atomic E-state index is -0.997. The van der Waals surface area contributed by atoms with E-state index in [0.29, 0.717) is 6.54 Å². The van der Waals surface area contributed by atoms with Crippen LogP contribution in [0.25, 0.3) is 10.9 Å². The summed E-state index contributed by atoms with van der Waals surface area (Å²) in [5, 5.41) is 12.0. The first-order valence-electron chi connectivity index (χ1n) is 4.68. The van der Waals surface area contributed by atoms with Crippen molar-refractivity contribution in [1.82, 2.24) is 9.88 Å². The van der Waals surface area contributed by atoms with Gasteiger partial charge in [0.2, 0.25) is 0 Å². The Labute approximate surface area is 87.1 Å². The van der Waals surface area contributed by atoms with Crippen LogP contribution in [0.4, 0.5) is 4.79 Å². The Bertz CT molecular complexity index is 502. The van der Waals surface area contributed by atoms with Gasteiger partial charge in [-0.2, -0.15) is 0 Å². The second-order valence-corrected chi connectivity index (χ2v) is 3.44. The number of para-hydroxylation sites is 1. The van der Waals surface area contributed by atoms with Crippen LogP contribution in [-0.2, 0) is 13.6 Å². The predicted octanol–water partition coefficient (Wildman–Crippen LogP) is 1.95. The Balaban J connectivity index is 2.39. The molecule has 0 atom stereocenters.